The zero-order valence-corrected chi connectivity index (χ0v) is 7.97. The molecule has 2 N–H and O–H groups in total. The van der Waals surface area contributed by atoms with Gasteiger partial charge in [0.05, 0.1) is 0 Å². The number of ether oxygens (including phenoxy) is 2. The van der Waals surface area contributed by atoms with Crippen molar-refractivity contribution in [3.8, 4) is 0 Å². The van der Waals surface area contributed by atoms with Gasteiger partial charge in [-0.25, -0.2) is 4.79 Å². The number of rotatable bonds is 3. The number of hydrogen-bond acceptors (Lipinski definition) is 4. The van der Waals surface area contributed by atoms with Gasteiger partial charge < -0.3 is 9.47 Å². The summed E-state index contributed by atoms with van der Waals surface area (Å²) < 4.78 is 9.39. The van der Waals surface area contributed by atoms with E-state index in [1.165, 1.54) is 0 Å². The summed E-state index contributed by atoms with van der Waals surface area (Å²) in [5, 5.41) is 0. The first-order valence-electron chi connectivity index (χ1n) is 4.31. The molecule has 1 aromatic carbocycles. The summed E-state index contributed by atoms with van der Waals surface area (Å²) in [4.78, 5) is 10.9. The number of benzene rings is 1. The van der Waals surface area contributed by atoms with Gasteiger partial charge in [0.1, 0.15) is 6.61 Å². The van der Waals surface area contributed by atoms with Gasteiger partial charge in [0.2, 0.25) is 0 Å². The Morgan fingerprint density at radius 2 is 2.07 bits per heavy atom. The van der Waals surface area contributed by atoms with Gasteiger partial charge >= 0.3 is 6.16 Å². The second-order valence-corrected chi connectivity index (χ2v) is 2.85. The van der Waals surface area contributed by atoms with Gasteiger partial charge in [-0.15, -0.1) is 0 Å². The highest BCUT2D eigenvalue weighted by atomic mass is 16.7. The van der Waals surface area contributed by atoms with E-state index < -0.39 is 12.4 Å². The van der Waals surface area contributed by atoms with Crippen LogP contribution in [-0.2, 0) is 16.1 Å². The molecular formula is C10H13NO3. The molecule has 4 heteroatoms. The van der Waals surface area contributed by atoms with Crippen LogP contribution in [0.15, 0.2) is 30.3 Å². The number of hydrogen-bond donors (Lipinski definition) is 1. The van der Waals surface area contributed by atoms with E-state index in [0.29, 0.717) is 0 Å². The molecule has 0 heterocycles. The second kappa shape index (κ2) is 5.24. The Labute approximate surface area is 82.6 Å². The van der Waals surface area contributed by atoms with Gasteiger partial charge in [-0.3, -0.25) is 5.73 Å². The lowest BCUT2D eigenvalue weighted by atomic mass is 10.2. The first-order valence-corrected chi connectivity index (χ1v) is 4.31. The predicted molar refractivity (Wildman–Crippen MR) is 51.4 cm³/mol. The van der Waals surface area contributed by atoms with Crippen LogP contribution in [0.4, 0.5) is 4.79 Å². The normalized spacial score (nSPS) is 11.9. The molecule has 0 saturated heterocycles. The minimum Gasteiger partial charge on any atom is -0.429 e. The topological polar surface area (TPSA) is 61.5 Å². The molecule has 0 aliphatic carbocycles. The second-order valence-electron chi connectivity index (χ2n) is 2.85. The molecule has 1 unspecified atom stereocenters. The molecular weight excluding hydrogens is 182 g/mol. The molecule has 1 aromatic rings. The summed E-state index contributed by atoms with van der Waals surface area (Å²) in [6.07, 6.45) is -1.39. The van der Waals surface area contributed by atoms with Crippen LogP contribution < -0.4 is 5.73 Å². The van der Waals surface area contributed by atoms with E-state index in [0.717, 1.165) is 5.56 Å². The smallest absolute Gasteiger partial charge is 0.429 e. The lowest BCUT2D eigenvalue weighted by Crippen LogP contribution is -2.23. The molecule has 0 aliphatic heterocycles. The lowest BCUT2D eigenvalue weighted by molar-refractivity contribution is 0.0265. The van der Waals surface area contributed by atoms with E-state index in [1.54, 1.807) is 6.92 Å². The lowest BCUT2D eigenvalue weighted by Gasteiger charge is -2.08. The molecule has 0 fully saturated rings. The highest BCUT2D eigenvalue weighted by Gasteiger charge is 2.06. The monoisotopic (exact) mass is 195 g/mol. The summed E-state index contributed by atoms with van der Waals surface area (Å²) >= 11 is 0. The van der Waals surface area contributed by atoms with Gasteiger partial charge in [-0.05, 0) is 12.5 Å². The Hall–Kier alpha value is -1.55. The number of carbonyl (C=O) groups excluding carboxylic acids is 1. The third-order valence-electron chi connectivity index (χ3n) is 1.48. The standard InChI is InChI=1S/C10H13NO3/c1-8(11)14-10(12)13-7-9-5-3-2-4-6-9/h2-6,8H,7,11H2,1H3. The molecule has 1 atom stereocenters. The van der Waals surface area contributed by atoms with E-state index in [1.807, 2.05) is 30.3 Å². The van der Waals surface area contributed by atoms with Crippen LogP contribution >= 0.6 is 0 Å². The van der Waals surface area contributed by atoms with Crippen LogP contribution in [0.1, 0.15) is 12.5 Å². The average Bonchev–Trinajstić information content (AvgIpc) is 2.15. The first-order chi connectivity index (χ1) is 6.68. The van der Waals surface area contributed by atoms with Crippen molar-refractivity contribution in [3.63, 3.8) is 0 Å². The summed E-state index contributed by atoms with van der Waals surface area (Å²) in [5.74, 6) is 0. The molecule has 0 saturated carbocycles. The van der Waals surface area contributed by atoms with Gasteiger partial charge in [0.25, 0.3) is 0 Å². The third kappa shape index (κ3) is 3.91. The SMILES string of the molecule is CC(N)OC(=O)OCc1ccccc1. The van der Waals surface area contributed by atoms with Crippen molar-refractivity contribution in [1.29, 1.82) is 0 Å². The Balaban J connectivity index is 2.31. The quantitative estimate of drug-likeness (QED) is 0.588. The highest BCUT2D eigenvalue weighted by molar-refractivity contribution is 5.60. The fourth-order valence-electron chi connectivity index (χ4n) is 0.902. The summed E-state index contributed by atoms with van der Waals surface area (Å²) in [5.41, 5.74) is 6.15. The Kier molecular flexibility index (Phi) is 3.94. The largest absolute Gasteiger partial charge is 0.510 e. The molecule has 4 nitrogen and oxygen atoms in total. The van der Waals surface area contributed by atoms with E-state index >= 15 is 0 Å². The maximum Gasteiger partial charge on any atom is 0.510 e. The van der Waals surface area contributed by atoms with Crippen molar-refractivity contribution in [2.45, 2.75) is 19.8 Å². The fourth-order valence-corrected chi connectivity index (χ4v) is 0.902. The van der Waals surface area contributed by atoms with Crippen molar-refractivity contribution in [2.75, 3.05) is 0 Å². The van der Waals surface area contributed by atoms with Crippen LogP contribution in [0.25, 0.3) is 0 Å². The first kappa shape index (κ1) is 10.5. The van der Waals surface area contributed by atoms with Gasteiger partial charge in [0.15, 0.2) is 6.23 Å². The van der Waals surface area contributed by atoms with Crippen LogP contribution in [0.5, 0.6) is 0 Å². The van der Waals surface area contributed by atoms with Gasteiger partial charge in [0, 0.05) is 0 Å². The van der Waals surface area contributed by atoms with Crippen molar-refractivity contribution in [1.82, 2.24) is 0 Å². The number of carbonyl (C=O) groups is 1. The van der Waals surface area contributed by atoms with Crippen molar-refractivity contribution in [2.24, 2.45) is 5.73 Å². The molecule has 0 aromatic heterocycles. The molecule has 0 radical (unpaired) electrons. The Morgan fingerprint density at radius 1 is 1.43 bits per heavy atom. The molecule has 0 aliphatic rings. The Morgan fingerprint density at radius 3 is 2.64 bits per heavy atom. The van der Waals surface area contributed by atoms with Crippen molar-refractivity contribution in [3.05, 3.63) is 35.9 Å². The zero-order valence-electron chi connectivity index (χ0n) is 7.97. The van der Waals surface area contributed by atoms with E-state index in [-0.39, 0.29) is 6.61 Å². The van der Waals surface area contributed by atoms with E-state index in [2.05, 4.69) is 4.74 Å². The van der Waals surface area contributed by atoms with Crippen LogP contribution in [-0.4, -0.2) is 12.4 Å². The van der Waals surface area contributed by atoms with E-state index in [4.69, 9.17) is 10.5 Å². The summed E-state index contributed by atoms with van der Waals surface area (Å²) in [7, 11) is 0. The van der Waals surface area contributed by atoms with Crippen LogP contribution in [0, 0.1) is 0 Å². The van der Waals surface area contributed by atoms with Gasteiger partial charge in [-0.1, -0.05) is 30.3 Å². The fraction of sp³-hybridized carbons (Fsp3) is 0.300. The molecule has 0 amide bonds. The molecule has 0 spiro atoms. The summed E-state index contributed by atoms with van der Waals surface area (Å²) in [6.45, 7) is 1.76. The number of nitrogens with two attached hydrogens (primary N) is 1. The van der Waals surface area contributed by atoms with Crippen molar-refractivity contribution >= 4 is 6.16 Å². The summed E-state index contributed by atoms with van der Waals surface area (Å²) in [6, 6.07) is 9.35. The average molecular weight is 195 g/mol. The molecule has 1 rings (SSSR count). The van der Waals surface area contributed by atoms with Gasteiger partial charge in [-0.2, -0.15) is 0 Å². The highest BCUT2D eigenvalue weighted by Crippen LogP contribution is 2.01. The zero-order chi connectivity index (χ0) is 10.4. The van der Waals surface area contributed by atoms with Crippen molar-refractivity contribution < 1.29 is 14.3 Å². The van der Waals surface area contributed by atoms with Crippen LogP contribution in [0.2, 0.25) is 0 Å². The minimum atomic E-state index is -0.746. The molecule has 0 bridgehead atoms. The maximum atomic E-state index is 10.9. The molecule has 14 heavy (non-hydrogen) atoms. The maximum absolute atomic E-state index is 10.9. The van der Waals surface area contributed by atoms with Crippen LogP contribution in [0.3, 0.4) is 0 Å². The predicted octanol–water partition coefficient (Wildman–Crippen LogP) is 1.64. The minimum absolute atomic E-state index is 0.201. The molecule has 76 valence electrons. The van der Waals surface area contributed by atoms with E-state index in [9.17, 15) is 4.79 Å². The third-order valence-corrected chi connectivity index (χ3v) is 1.48. The Bertz CT molecular complexity index is 285.